The van der Waals surface area contributed by atoms with Crippen LogP contribution in [0.3, 0.4) is 0 Å². The van der Waals surface area contributed by atoms with Gasteiger partial charge < -0.3 is 29.5 Å². The Morgan fingerprint density at radius 3 is 1.59 bits per heavy atom. The molecule has 0 aliphatic carbocycles. The van der Waals surface area contributed by atoms with E-state index >= 15 is 0 Å². The monoisotopic (exact) mass is 505 g/mol. The van der Waals surface area contributed by atoms with E-state index in [0.29, 0.717) is 25.9 Å². The average molecular weight is 506 g/mol. The molecule has 0 bridgehead atoms. The summed E-state index contributed by atoms with van der Waals surface area (Å²) in [5.74, 6) is 0. The third kappa shape index (κ3) is 26.2. The van der Waals surface area contributed by atoms with E-state index in [0.717, 1.165) is 38.8 Å². The fourth-order valence-electron chi connectivity index (χ4n) is 2.82. The molecule has 0 aromatic carbocycles. The Bertz CT molecular complexity index is 390. The molecule has 0 fully saturated rings. The van der Waals surface area contributed by atoms with Gasteiger partial charge in [0.25, 0.3) is 0 Å². The van der Waals surface area contributed by atoms with E-state index in [1.165, 1.54) is 0 Å². The molecule has 0 heterocycles. The number of rotatable bonds is 23. The molecule has 0 radical (unpaired) electrons. The summed E-state index contributed by atoms with van der Waals surface area (Å²) in [6.45, 7) is 3.26. The van der Waals surface area contributed by atoms with Gasteiger partial charge in [-0.3, -0.25) is 0 Å². The zero-order valence-electron chi connectivity index (χ0n) is 18.9. The van der Waals surface area contributed by atoms with Crippen molar-refractivity contribution in [1.29, 1.82) is 0 Å². The Morgan fingerprint density at radius 2 is 1.16 bits per heavy atom. The van der Waals surface area contributed by atoms with Crippen molar-refractivity contribution in [2.45, 2.75) is 62.8 Å². The average Bonchev–Trinajstić information content (AvgIpc) is 2.67. The van der Waals surface area contributed by atoms with Crippen molar-refractivity contribution in [2.75, 3.05) is 52.6 Å². The van der Waals surface area contributed by atoms with Crippen LogP contribution < -0.4 is 10.6 Å². The van der Waals surface area contributed by atoms with Gasteiger partial charge in [0, 0.05) is 19.2 Å². The molecular weight excluding hydrogens is 460 g/mol. The molecule has 10 N–H and O–H groups in total. The molecule has 2 atom stereocenters. The van der Waals surface area contributed by atoms with E-state index in [4.69, 9.17) is 38.2 Å². The van der Waals surface area contributed by atoms with Crippen LogP contribution in [-0.2, 0) is 9.47 Å². The number of unbranched alkanes of at least 4 members (excludes halogenated alkanes) is 3. The summed E-state index contributed by atoms with van der Waals surface area (Å²) in [5, 5.41) is 25.9. The van der Waals surface area contributed by atoms with Crippen LogP contribution in [0.5, 0.6) is 0 Å². The zero-order chi connectivity index (χ0) is 24.3. The largest absolute Gasteiger partial charge is 0.492 e. The van der Waals surface area contributed by atoms with Gasteiger partial charge in [-0.25, -0.2) is 0 Å². The second-order valence-electron chi connectivity index (χ2n) is 8.19. The first-order valence-electron chi connectivity index (χ1n) is 11.4. The first-order chi connectivity index (χ1) is 15.0. The van der Waals surface area contributed by atoms with Crippen molar-refractivity contribution in [3.8, 4) is 0 Å². The van der Waals surface area contributed by atoms with Crippen molar-refractivity contribution >= 4 is 17.6 Å². The molecule has 14 heteroatoms. The second-order valence-corrected chi connectivity index (χ2v) is 12.6. The summed E-state index contributed by atoms with van der Waals surface area (Å²) in [4.78, 5) is 53.2. The van der Waals surface area contributed by atoms with E-state index in [-0.39, 0.29) is 38.5 Å². The molecule has 12 nitrogen and oxygen atoms in total. The number of ether oxygens (including phenoxy) is 2. The van der Waals surface area contributed by atoms with E-state index < -0.39 is 29.8 Å². The van der Waals surface area contributed by atoms with Crippen molar-refractivity contribution in [1.82, 2.24) is 10.6 Å². The molecule has 0 aromatic rings. The van der Waals surface area contributed by atoms with Crippen LogP contribution >= 0.6 is 0 Å². The Hall–Kier alpha value is -0.0462. The molecule has 2 unspecified atom stereocenters. The van der Waals surface area contributed by atoms with Gasteiger partial charge >= 0.3 is 111 Å². The summed E-state index contributed by atoms with van der Waals surface area (Å²) in [6, 6.07) is -0.115. The SMILES string of the molecule is OC(CNCCCCCCNCC(O)COCCC[SiH-](O)(O)O)COCCC[Si](O)(O)O. The number of hydrogen-bond donors (Lipinski definition) is 10. The maximum Gasteiger partial charge on any atom is 0.492 e. The van der Waals surface area contributed by atoms with Gasteiger partial charge in [-0.2, -0.15) is 0 Å². The van der Waals surface area contributed by atoms with E-state index in [1.54, 1.807) is 0 Å². The van der Waals surface area contributed by atoms with Gasteiger partial charge in [-0.15, -0.1) is 0 Å². The molecule has 0 aliphatic rings. The van der Waals surface area contributed by atoms with Crippen molar-refractivity contribution in [3.05, 3.63) is 0 Å². The van der Waals surface area contributed by atoms with E-state index in [2.05, 4.69) is 10.6 Å². The fourth-order valence-corrected chi connectivity index (χ4v) is 4.15. The molecular formula is C18H45N2O10Si2-. The summed E-state index contributed by atoms with van der Waals surface area (Å²) in [7, 11) is -8.24. The molecule has 0 spiro atoms. The Labute approximate surface area is 192 Å². The van der Waals surface area contributed by atoms with Crippen molar-refractivity contribution in [2.24, 2.45) is 0 Å². The van der Waals surface area contributed by atoms with Crippen LogP contribution in [0.4, 0.5) is 0 Å². The zero-order valence-corrected chi connectivity index (χ0v) is 21.1. The number of aliphatic hydroxyl groups is 2. The molecule has 196 valence electrons. The summed E-state index contributed by atoms with van der Waals surface area (Å²) in [5.41, 5.74) is 0. The minimum atomic E-state index is -4.25. The van der Waals surface area contributed by atoms with E-state index in [9.17, 15) is 10.2 Å². The van der Waals surface area contributed by atoms with Crippen LogP contribution in [0, 0.1) is 0 Å². The standard InChI is InChI=1S/C18H45N2O10Si2/c21-17(15-29-9-5-11-31(23,24)25)13-19-7-3-1-2-4-8-20-14-18(22)16-30-10-6-12-32(26,27)28/h17-28,31H,1-16H2/q-1. The molecule has 0 saturated carbocycles. The summed E-state index contributed by atoms with van der Waals surface area (Å²) < 4.78 is 10.5. The predicted molar refractivity (Wildman–Crippen MR) is 123 cm³/mol. The van der Waals surface area contributed by atoms with Crippen LogP contribution in [0.1, 0.15) is 38.5 Å². The van der Waals surface area contributed by atoms with Gasteiger partial charge in [-0.1, -0.05) is 0 Å². The van der Waals surface area contributed by atoms with Crippen molar-refractivity contribution in [3.63, 3.8) is 0 Å². The van der Waals surface area contributed by atoms with Gasteiger partial charge in [0.2, 0.25) is 0 Å². The molecule has 32 heavy (non-hydrogen) atoms. The molecule has 0 amide bonds. The minimum Gasteiger partial charge on any atom is -0.390 e. The predicted octanol–water partition coefficient (Wildman–Crippen LogP) is -3.17. The smallest absolute Gasteiger partial charge is 0.390 e. The molecule has 0 aliphatic heterocycles. The third-order valence-corrected chi connectivity index (χ3v) is 6.73. The first-order valence-corrected chi connectivity index (χ1v) is 15.8. The third-order valence-electron chi connectivity index (χ3n) is 4.52. The van der Waals surface area contributed by atoms with Crippen LogP contribution in [-0.4, -0.2) is 121 Å². The topological polar surface area (TPSA) is 204 Å². The number of aliphatic hydroxyl groups excluding tert-OH is 2. The maximum atomic E-state index is 9.77. The molecule has 0 rings (SSSR count). The van der Waals surface area contributed by atoms with Gasteiger partial charge in [0.15, 0.2) is 0 Å². The van der Waals surface area contributed by atoms with Gasteiger partial charge in [0.05, 0.1) is 12.7 Å². The summed E-state index contributed by atoms with van der Waals surface area (Å²) in [6.07, 6.45) is 3.49. The Kier molecular flexibility index (Phi) is 19.3. The quantitative estimate of drug-likeness (QED) is 0.0493. The van der Waals surface area contributed by atoms with Crippen LogP contribution in [0.15, 0.2) is 0 Å². The van der Waals surface area contributed by atoms with Gasteiger partial charge in [-0.05, 0) is 19.4 Å². The molecule has 0 aromatic heterocycles. The van der Waals surface area contributed by atoms with Crippen LogP contribution in [0.2, 0.25) is 12.1 Å². The van der Waals surface area contributed by atoms with E-state index in [1.807, 2.05) is 0 Å². The fraction of sp³-hybridized carbons (Fsp3) is 1.00. The second kappa shape index (κ2) is 19.3. The van der Waals surface area contributed by atoms with Gasteiger partial charge in [0.1, 0.15) is 0 Å². The Balaban J connectivity index is 3.31. The maximum absolute atomic E-state index is 9.77. The number of nitrogens with one attached hydrogen (secondary N) is 2. The van der Waals surface area contributed by atoms with Crippen LogP contribution in [0.25, 0.3) is 0 Å². The first kappa shape index (κ1) is 32.0. The van der Waals surface area contributed by atoms with Crippen molar-refractivity contribution < 1.29 is 48.5 Å². The summed E-state index contributed by atoms with van der Waals surface area (Å²) >= 11 is 0. The number of hydrogen-bond acceptors (Lipinski definition) is 12. The minimum absolute atomic E-state index is 0.0439. The normalized spacial score (nSPS) is 15.1. The molecule has 0 saturated heterocycles. The Morgan fingerprint density at radius 1 is 0.688 bits per heavy atom.